The van der Waals surface area contributed by atoms with Gasteiger partial charge in [-0.05, 0) is 74.1 Å². The van der Waals surface area contributed by atoms with E-state index in [1.54, 1.807) is 0 Å². The lowest BCUT2D eigenvalue weighted by Crippen LogP contribution is -2.06. The summed E-state index contributed by atoms with van der Waals surface area (Å²) in [5, 5.41) is 0. The van der Waals surface area contributed by atoms with Crippen molar-refractivity contribution >= 4 is 15.9 Å². The maximum atomic E-state index is 13.8. The van der Waals surface area contributed by atoms with Gasteiger partial charge in [0, 0.05) is 10.4 Å². The van der Waals surface area contributed by atoms with Crippen molar-refractivity contribution in [3.8, 4) is 0 Å². The molecular formula is C18H19BrF2. The summed E-state index contributed by atoms with van der Waals surface area (Å²) in [5.74, 6) is -0.974. The molecule has 0 bridgehead atoms. The largest absolute Gasteiger partial charge is 0.207 e. The summed E-state index contributed by atoms with van der Waals surface area (Å²) < 4.78 is 27.7. The summed E-state index contributed by atoms with van der Waals surface area (Å²) in [6.07, 6.45) is 0.295. The van der Waals surface area contributed by atoms with E-state index < -0.39 is 11.6 Å². The molecule has 21 heavy (non-hydrogen) atoms. The molecule has 0 nitrogen and oxygen atoms in total. The molecular weight excluding hydrogens is 334 g/mol. The average molecular weight is 353 g/mol. The average Bonchev–Trinajstić information content (AvgIpc) is 2.41. The summed E-state index contributed by atoms with van der Waals surface area (Å²) in [6, 6.07) is 6.15. The second kappa shape index (κ2) is 6.27. The lowest BCUT2D eigenvalue weighted by atomic mass is 9.90. The monoisotopic (exact) mass is 352 g/mol. The first-order valence-electron chi connectivity index (χ1n) is 6.97. The third kappa shape index (κ3) is 3.18. The van der Waals surface area contributed by atoms with Crippen LogP contribution in [0.15, 0.2) is 24.3 Å². The fourth-order valence-corrected chi connectivity index (χ4v) is 3.74. The predicted octanol–water partition coefficient (Wildman–Crippen LogP) is 5.88. The third-order valence-corrected chi connectivity index (χ3v) is 4.96. The molecule has 0 radical (unpaired) electrons. The minimum Gasteiger partial charge on any atom is -0.207 e. The second-order valence-electron chi connectivity index (χ2n) is 5.55. The molecule has 3 heteroatoms. The SMILES string of the molecule is Cc1cc(C)c(C)c(C(Br)Cc2c(F)cccc2F)c1C. The van der Waals surface area contributed by atoms with Gasteiger partial charge in [-0.2, -0.15) is 0 Å². The first kappa shape index (κ1) is 16.2. The molecule has 112 valence electrons. The van der Waals surface area contributed by atoms with Gasteiger partial charge in [-0.3, -0.25) is 0 Å². The van der Waals surface area contributed by atoms with Gasteiger partial charge < -0.3 is 0 Å². The zero-order chi connectivity index (χ0) is 15.7. The Hall–Kier alpha value is -1.22. The Morgan fingerprint density at radius 3 is 1.90 bits per heavy atom. The standard InChI is InChI=1S/C18H19BrF2/c1-10-8-11(2)13(4)18(12(10)3)15(19)9-14-16(20)6-5-7-17(14)21/h5-8,15H,9H2,1-4H3. The molecule has 0 N–H and O–H groups in total. The smallest absolute Gasteiger partial charge is 0.129 e. The number of hydrogen-bond acceptors (Lipinski definition) is 0. The Balaban J connectivity index is 2.44. The van der Waals surface area contributed by atoms with E-state index in [4.69, 9.17) is 0 Å². The van der Waals surface area contributed by atoms with Crippen molar-refractivity contribution in [1.82, 2.24) is 0 Å². The van der Waals surface area contributed by atoms with Gasteiger partial charge in [0.2, 0.25) is 0 Å². The van der Waals surface area contributed by atoms with E-state index in [9.17, 15) is 8.78 Å². The topological polar surface area (TPSA) is 0 Å². The van der Waals surface area contributed by atoms with E-state index in [0.717, 1.165) is 5.56 Å². The molecule has 0 aliphatic heterocycles. The molecule has 0 fully saturated rings. The van der Waals surface area contributed by atoms with Gasteiger partial charge in [0.05, 0.1) is 0 Å². The van der Waals surface area contributed by atoms with Gasteiger partial charge in [-0.15, -0.1) is 0 Å². The highest BCUT2D eigenvalue weighted by Crippen LogP contribution is 2.35. The molecule has 2 aromatic carbocycles. The van der Waals surface area contributed by atoms with Crippen molar-refractivity contribution in [2.45, 2.75) is 38.9 Å². The van der Waals surface area contributed by atoms with E-state index in [1.165, 1.54) is 40.5 Å². The molecule has 0 amide bonds. The lowest BCUT2D eigenvalue weighted by Gasteiger charge is -2.20. The van der Waals surface area contributed by atoms with E-state index in [2.05, 4.69) is 49.7 Å². The van der Waals surface area contributed by atoms with Gasteiger partial charge in [-0.25, -0.2) is 8.78 Å². The van der Waals surface area contributed by atoms with E-state index >= 15 is 0 Å². The van der Waals surface area contributed by atoms with E-state index in [-0.39, 0.29) is 10.4 Å². The Kier molecular flexibility index (Phi) is 4.82. The summed E-state index contributed by atoms with van der Waals surface area (Å²) in [6.45, 7) is 8.25. The summed E-state index contributed by atoms with van der Waals surface area (Å²) in [4.78, 5) is -0.109. The molecule has 0 aliphatic rings. The number of halogens is 3. The lowest BCUT2D eigenvalue weighted by molar-refractivity contribution is 0.554. The predicted molar refractivity (Wildman–Crippen MR) is 87.1 cm³/mol. The maximum absolute atomic E-state index is 13.8. The molecule has 2 aromatic rings. The molecule has 0 aliphatic carbocycles. The van der Waals surface area contributed by atoms with Gasteiger partial charge in [0.15, 0.2) is 0 Å². The van der Waals surface area contributed by atoms with Gasteiger partial charge in [-0.1, -0.05) is 28.1 Å². The van der Waals surface area contributed by atoms with Crippen LogP contribution >= 0.6 is 15.9 Å². The number of alkyl halides is 1. The third-order valence-electron chi connectivity index (χ3n) is 4.18. The highest BCUT2D eigenvalue weighted by atomic mass is 79.9. The van der Waals surface area contributed by atoms with Gasteiger partial charge in [0.25, 0.3) is 0 Å². The second-order valence-corrected chi connectivity index (χ2v) is 6.65. The highest BCUT2D eigenvalue weighted by Gasteiger charge is 2.20. The van der Waals surface area contributed by atoms with Gasteiger partial charge >= 0.3 is 0 Å². The van der Waals surface area contributed by atoms with Crippen LogP contribution in [0.2, 0.25) is 0 Å². The van der Waals surface area contributed by atoms with Crippen molar-refractivity contribution in [1.29, 1.82) is 0 Å². The molecule has 0 heterocycles. The van der Waals surface area contributed by atoms with Crippen LogP contribution in [-0.2, 0) is 6.42 Å². The van der Waals surface area contributed by atoms with E-state index in [0.29, 0.717) is 6.42 Å². The van der Waals surface area contributed by atoms with Crippen molar-refractivity contribution < 1.29 is 8.78 Å². The number of rotatable bonds is 3. The van der Waals surface area contributed by atoms with Crippen molar-refractivity contribution in [2.75, 3.05) is 0 Å². The first-order valence-corrected chi connectivity index (χ1v) is 7.88. The van der Waals surface area contributed by atoms with Crippen LogP contribution in [0.1, 0.15) is 38.2 Å². The Labute approximate surface area is 133 Å². The number of benzene rings is 2. The molecule has 0 saturated carbocycles. The fraction of sp³-hybridized carbons (Fsp3) is 0.333. The van der Waals surface area contributed by atoms with Crippen LogP contribution in [0.4, 0.5) is 8.78 Å². The number of hydrogen-bond donors (Lipinski definition) is 0. The first-order chi connectivity index (χ1) is 9.82. The minimum absolute atomic E-state index is 0.109. The molecule has 2 rings (SSSR count). The molecule has 1 atom stereocenters. The van der Waals surface area contributed by atoms with Crippen molar-refractivity contribution in [2.24, 2.45) is 0 Å². The molecule has 0 spiro atoms. The van der Waals surface area contributed by atoms with Crippen LogP contribution in [-0.4, -0.2) is 0 Å². The van der Waals surface area contributed by atoms with Gasteiger partial charge in [0.1, 0.15) is 11.6 Å². The fourth-order valence-electron chi connectivity index (χ4n) is 2.73. The van der Waals surface area contributed by atoms with Crippen molar-refractivity contribution in [3.05, 3.63) is 69.3 Å². The van der Waals surface area contributed by atoms with Crippen LogP contribution in [0.3, 0.4) is 0 Å². The normalized spacial score (nSPS) is 12.5. The summed E-state index contributed by atoms with van der Waals surface area (Å²) in [7, 11) is 0. The van der Waals surface area contributed by atoms with Crippen LogP contribution < -0.4 is 0 Å². The van der Waals surface area contributed by atoms with Crippen LogP contribution in [0.25, 0.3) is 0 Å². The Morgan fingerprint density at radius 1 is 0.952 bits per heavy atom. The summed E-state index contributed by atoms with van der Waals surface area (Å²) in [5.41, 5.74) is 6.03. The zero-order valence-corrected chi connectivity index (χ0v) is 14.3. The number of aryl methyl sites for hydroxylation is 2. The van der Waals surface area contributed by atoms with Crippen LogP contribution in [0, 0.1) is 39.3 Å². The Morgan fingerprint density at radius 2 is 1.43 bits per heavy atom. The summed E-state index contributed by atoms with van der Waals surface area (Å²) >= 11 is 3.63. The minimum atomic E-state index is -0.487. The quantitative estimate of drug-likeness (QED) is 0.605. The van der Waals surface area contributed by atoms with Crippen LogP contribution in [0.5, 0.6) is 0 Å². The van der Waals surface area contributed by atoms with Crippen molar-refractivity contribution in [3.63, 3.8) is 0 Å². The molecule has 0 aromatic heterocycles. The highest BCUT2D eigenvalue weighted by molar-refractivity contribution is 9.09. The molecule has 0 saturated heterocycles. The maximum Gasteiger partial charge on any atom is 0.129 e. The Bertz CT molecular complexity index is 631. The van der Waals surface area contributed by atoms with E-state index in [1.807, 2.05) is 0 Å². The molecule has 1 unspecified atom stereocenters. The zero-order valence-electron chi connectivity index (χ0n) is 12.7.